The summed E-state index contributed by atoms with van der Waals surface area (Å²) in [5.41, 5.74) is 3.31. The van der Waals surface area contributed by atoms with Gasteiger partial charge in [-0.3, -0.25) is 4.79 Å². The van der Waals surface area contributed by atoms with Gasteiger partial charge >= 0.3 is 5.97 Å². The molecule has 0 unspecified atom stereocenters. The summed E-state index contributed by atoms with van der Waals surface area (Å²) in [6.07, 6.45) is 7.92. The molecule has 2 bridgehead atoms. The lowest BCUT2D eigenvalue weighted by molar-refractivity contribution is -0.284. The van der Waals surface area contributed by atoms with Crippen LogP contribution in [0.1, 0.15) is 58.3 Å². The molecule has 2 heterocycles. The van der Waals surface area contributed by atoms with E-state index in [1.54, 1.807) is 11.1 Å². The predicted molar refractivity (Wildman–Crippen MR) is 105 cm³/mol. The summed E-state index contributed by atoms with van der Waals surface area (Å²) in [5, 5.41) is 10.8. The Labute approximate surface area is 168 Å². The number of hydrogen-bond donors (Lipinski definition) is 1. The molecule has 0 radical (unpaired) electrons. The Morgan fingerprint density at radius 1 is 1.32 bits per heavy atom. The second-order valence-electron chi connectivity index (χ2n) is 10.3. The fraction of sp³-hybridized carbons (Fsp3) is 0.870. The molecular formula is C23H35NO4. The summed E-state index contributed by atoms with van der Waals surface area (Å²) < 4.78 is 11.5. The number of ether oxygens (including phenoxy) is 2. The number of rotatable bonds is 2. The van der Waals surface area contributed by atoms with Crippen LogP contribution < -0.4 is 0 Å². The molecule has 2 spiro atoms. The zero-order valence-corrected chi connectivity index (χ0v) is 17.6. The van der Waals surface area contributed by atoms with E-state index in [1.807, 2.05) is 6.92 Å². The minimum absolute atomic E-state index is 0.00555. The molecule has 0 aromatic rings. The first-order valence-electron chi connectivity index (χ1n) is 11.2. The van der Waals surface area contributed by atoms with Crippen molar-refractivity contribution in [1.29, 1.82) is 0 Å². The van der Waals surface area contributed by atoms with Gasteiger partial charge in [-0.15, -0.1) is 0 Å². The molecular weight excluding hydrogens is 354 g/mol. The number of aliphatic hydroxyl groups is 1. The van der Waals surface area contributed by atoms with Crippen molar-refractivity contribution in [3.05, 3.63) is 11.1 Å². The zero-order valence-electron chi connectivity index (χ0n) is 17.6. The fourth-order valence-electron chi connectivity index (χ4n) is 8.02. The van der Waals surface area contributed by atoms with Crippen molar-refractivity contribution in [2.75, 3.05) is 33.9 Å². The Bertz CT molecular complexity index is 707. The average molecular weight is 390 g/mol. The van der Waals surface area contributed by atoms with Gasteiger partial charge < -0.3 is 19.5 Å². The zero-order chi connectivity index (χ0) is 19.7. The van der Waals surface area contributed by atoms with Gasteiger partial charge in [0.1, 0.15) is 0 Å². The highest BCUT2D eigenvalue weighted by molar-refractivity contribution is 5.75. The second kappa shape index (κ2) is 6.29. The van der Waals surface area contributed by atoms with E-state index in [0.717, 1.165) is 38.8 Å². The number of nitrogens with zero attached hydrogens (tertiary/aromatic N) is 1. The van der Waals surface area contributed by atoms with E-state index in [-0.39, 0.29) is 22.7 Å². The number of piperidine rings is 1. The third-order valence-electron chi connectivity index (χ3n) is 9.30. The van der Waals surface area contributed by atoms with Gasteiger partial charge in [0, 0.05) is 30.3 Å². The maximum Gasteiger partial charge on any atom is 0.309 e. The number of carbonyl (C=O) groups is 1. The van der Waals surface area contributed by atoms with Gasteiger partial charge in [0.2, 0.25) is 0 Å². The smallest absolute Gasteiger partial charge is 0.309 e. The molecule has 1 saturated carbocycles. The Balaban J connectivity index is 1.64. The maximum atomic E-state index is 12.8. The van der Waals surface area contributed by atoms with Gasteiger partial charge in [0.25, 0.3) is 0 Å². The Hall–Kier alpha value is -0.910. The summed E-state index contributed by atoms with van der Waals surface area (Å²) in [6.45, 7) is 4.76. The highest BCUT2D eigenvalue weighted by Gasteiger charge is 2.69. The van der Waals surface area contributed by atoms with Gasteiger partial charge in [-0.1, -0.05) is 18.1 Å². The summed E-state index contributed by atoms with van der Waals surface area (Å²) in [4.78, 5) is 15.3. The highest BCUT2D eigenvalue weighted by Crippen LogP contribution is 2.71. The van der Waals surface area contributed by atoms with E-state index in [9.17, 15) is 9.90 Å². The molecule has 3 aliphatic carbocycles. The molecule has 5 heteroatoms. The lowest BCUT2D eigenvalue weighted by Crippen LogP contribution is -2.64. The number of methoxy groups -OCH3 is 1. The third kappa shape index (κ3) is 2.33. The van der Waals surface area contributed by atoms with Crippen LogP contribution in [-0.2, 0) is 14.3 Å². The summed E-state index contributed by atoms with van der Waals surface area (Å²) in [5.74, 6) is -0.0810. The Morgan fingerprint density at radius 3 is 2.79 bits per heavy atom. The van der Waals surface area contributed by atoms with Crippen LogP contribution >= 0.6 is 0 Å². The molecule has 3 fully saturated rings. The first-order valence-corrected chi connectivity index (χ1v) is 11.2. The SMILES string of the molecule is CC[C@@]1(O)CC[C@]2(CO1)[C@@H]1CCC3=C4[C@H](CC3)[C@H](C(=O)OC)C[C@@]42CN(C)C1. The topological polar surface area (TPSA) is 59.0 Å². The van der Waals surface area contributed by atoms with Crippen LogP contribution in [0.4, 0.5) is 0 Å². The minimum Gasteiger partial charge on any atom is -0.469 e. The van der Waals surface area contributed by atoms with Crippen molar-refractivity contribution < 1.29 is 19.4 Å². The van der Waals surface area contributed by atoms with E-state index in [0.29, 0.717) is 31.3 Å². The monoisotopic (exact) mass is 389 g/mol. The summed E-state index contributed by atoms with van der Waals surface area (Å²) in [6, 6.07) is 0. The lowest BCUT2D eigenvalue weighted by Gasteiger charge is -2.61. The molecule has 0 amide bonds. The molecule has 1 N–H and O–H groups in total. The standard InChI is InChI=1S/C23H35NO4/c1-4-23(26)10-9-21(14-28-23)16-7-5-15-6-8-17-18(20(25)27-3)11-22(21,19(15)17)13-24(2)12-16/h16-18,26H,4-14H2,1-3H3/t16-,17-,18-,21+,22-,23+/m1/s1. The lowest BCUT2D eigenvalue weighted by atomic mass is 9.50. The van der Waals surface area contributed by atoms with Gasteiger partial charge in [-0.2, -0.15) is 0 Å². The first-order chi connectivity index (χ1) is 13.4. The van der Waals surface area contributed by atoms with Crippen LogP contribution in [0.15, 0.2) is 11.1 Å². The normalized spacial score (nSPS) is 47.9. The van der Waals surface area contributed by atoms with Crippen molar-refractivity contribution in [2.45, 2.75) is 64.1 Å². The van der Waals surface area contributed by atoms with Crippen LogP contribution in [0.2, 0.25) is 0 Å². The van der Waals surface area contributed by atoms with E-state index >= 15 is 0 Å². The number of allylic oxidation sites excluding steroid dienone is 1. The highest BCUT2D eigenvalue weighted by atomic mass is 16.6. The van der Waals surface area contributed by atoms with Crippen LogP contribution in [0.3, 0.4) is 0 Å². The third-order valence-corrected chi connectivity index (χ3v) is 9.30. The summed E-state index contributed by atoms with van der Waals surface area (Å²) >= 11 is 0. The number of likely N-dealkylation sites (tertiary alicyclic amines) is 1. The van der Waals surface area contributed by atoms with Crippen LogP contribution in [-0.4, -0.2) is 55.6 Å². The van der Waals surface area contributed by atoms with Gasteiger partial charge in [0.05, 0.1) is 19.6 Å². The van der Waals surface area contributed by atoms with E-state index < -0.39 is 5.79 Å². The van der Waals surface area contributed by atoms with E-state index in [1.165, 1.54) is 20.0 Å². The van der Waals surface area contributed by atoms with Crippen molar-refractivity contribution in [2.24, 2.45) is 28.6 Å². The molecule has 5 rings (SSSR count). The molecule has 0 aromatic heterocycles. The predicted octanol–water partition coefficient (Wildman–Crippen LogP) is 3.12. The van der Waals surface area contributed by atoms with Crippen molar-refractivity contribution in [1.82, 2.24) is 4.90 Å². The first kappa shape index (κ1) is 19.1. The summed E-state index contributed by atoms with van der Waals surface area (Å²) in [7, 11) is 3.78. The molecule has 6 atom stereocenters. The van der Waals surface area contributed by atoms with Crippen molar-refractivity contribution in [3.8, 4) is 0 Å². The van der Waals surface area contributed by atoms with Crippen molar-refractivity contribution >= 4 is 5.97 Å². The number of esters is 1. The molecule has 2 saturated heterocycles. The molecule has 2 aliphatic heterocycles. The van der Waals surface area contributed by atoms with E-state index in [4.69, 9.17) is 9.47 Å². The maximum absolute atomic E-state index is 12.8. The van der Waals surface area contributed by atoms with Gasteiger partial charge in [-0.25, -0.2) is 0 Å². The minimum atomic E-state index is -0.971. The Kier molecular flexibility index (Phi) is 4.29. The van der Waals surface area contributed by atoms with Crippen LogP contribution in [0.25, 0.3) is 0 Å². The average Bonchev–Trinajstić information content (AvgIpc) is 3.23. The molecule has 5 aliphatic rings. The fourth-order valence-corrected chi connectivity index (χ4v) is 8.02. The molecule has 5 nitrogen and oxygen atoms in total. The van der Waals surface area contributed by atoms with Gasteiger partial charge in [-0.05, 0) is 63.8 Å². The number of hydrogen-bond acceptors (Lipinski definition) is 5. The second-order valence-corrected chi connectivity index (χ2v) is 10.3. The van der Waals surface area contributed by atoms with Gasteiger partial charge in [0.15, 0.2) is 5.79 Å². The number of carbonyl (C=O) groups excluding carboxylic acids is 1. The van der Waals surface area contributed by atoms with Crippen molar-refractivity contribution in [3.63, 3.8) is 0 Å². The quantitative estimate of drug-likeness (QED) is 0.581. The van der Waals surface area contributed by atoms with Crippen LogP contribution in [0, 0.1) is 28.6 Å². The molecule has 0 aromatic carbocycles. The molecule has 28 heavy (non-hydrogen) atoms. The largest absolute Gasteiger partial charge is 0.469 e. The van der Waals surface area contributed by atoms with E-state index in [2.05, 4.69) is 11.9 Å². The Morgan fingerprint density at radius 2 is 2.11 bits per heavy atom. The molecule has 156 valence electrons. The van der Waals surface area contributed by atoms with Crippen LogP contribution in [0.5, 0.6) is 0 Å².